The molecule has 0 bridgehead atoms. The van der Waals surface area contributed by atoms with Gasteiger partial charge in [0.1, 0.15) is 0 Å². The zero-order chi connectivity index (χ0) is 11.7. The van der Waals surface area contributed by atoms with Crippen LogP contribution in [0.3, 0.4) is 0 Å². The highest BCUT2D eigenvalue weighted by atomic mass is 16.3. The zero-order valence-corrected chi connectivity index (χ0v) is 10.9. The third-order valence-corrected chi connectivity index (χ3v) is 3.04. The lowest BCUT2D eigenvalue weighted by molar-refractivity contribution is 0.115. The van der Waals surface area contributed by atoms with Gasteiger partial charge in [0.2, 0.25) is 0 Å². The predicted molar refractivity (Wildman–Crippen MR) is 67.1 cm³/mol. The first-order valence-corrected chi connectivity index (χ1v) is 6.53. The van der Waals surface area contributed by atoms with E-state index in [1.54, 1.807) is 0 Å². The first-order valence-electron chi connectivity index (χ1n) is 6.53. The van der Waals surface area contributed by atoms with Crippen molar-refractivity contribution in [2.75, 3.05) is 6.54 Å². The maximum atomic E-state index is 9.65. The Labute approximate surface area is 95.5 Å². The third-order valence-electron chi connectivity index (χ3n) is 3.04. The van der Waals surface area contributed by atoms with E-state index in [0.29, 0.717) is 12.0 Å². The second-order valence-electron chi connectivity index (χ2n) is 4.80. The highest BCUT2D eigenvalue weighted by Crippen LogP contribution is 2.07. The van der Waals surface area contributed by atoms with Crippen LogP contribution >= 0.6 is 0 Å². The molecule has 0 aliphatic heterocycles. The van der Waals surface area contributed by atoms with Gasteiger partial charge in [0.15, 0.2) is 0 Å². The maximum Gasteiger partial charge on any atom is 0.0575 e. The van der Waals surface area contributed by atoms with Gasteiger partial charge >= 0.3 is 0 Å². The Bertz CT molecular complexity index is 136. The monoisotopic (exact) mass is 215 g/mol. The first-order chi connectivity index (χ1) is 7.11. The molecule has 2 atom stereocenters. The van der Waals surface area contributed by atoms with Crippen molar-refractivity contribution in [2.24, 2.45) is 5.92 Å². The van der Waals surface area contributed by atoms with E-state index in [4.69, 9.17) is 0 Å². The van der Waals surface area contributed by atoms with E-state index in [1.165, 1.54) is 25.7 Å². The minimum absolute atomic E-state index is 0.152. The number of aliphatic hydroxyl groups excluding tert-OH is 1. The maximum absolute atomic E-state index is 9.65. The molecule has 0 aliphatic carbocycles. The van der Waals surface area contributed by atoms with Gasteiger partial charge in [-0.05, 0) is 31.7 Å². The van der Waals surface area contributed by atoms with Crippen molar-refractivity contribution in [3.8, 4) is 0 Å². The fourth-order valence-corrected chi connectivity index (χ4v) is 1.67. The Morgan fingerprint density at radius 3 is 2.27 bits per heavy atom. The molecule has 2 nitrogen and oxygen atoms in total. The number of rotatable bonds is 9. The molecular weight excluding hydrogens is 186 g/mol. The summed E-state index contributed by atoms with van der Waals surface area (Å²) >= 11 is 0. The van der Waals surface area contributed by atoms with Crippen LogP contribution in [0.2, 0.25) is 0 Å². The average molecular weight is 215 g/mol. The summed E-state index contributed by atoms with van der Waals surface area (Å²) in [7, 11) is 0. The van der Waals surface area contributed by atoms with Crippen molar-refractivity contribution < 1.29 is 5.11 Å². The summed E-state index contributed by atoms with van der Waals surface area (Å²) < 4.78 is 0. The Morgan fingerprint density at radius 2 is 1.80 bits per heavy atom. The molecule has 0 aromatic carbocycles. The number of aliphatic hydroxyl groups is 1. The molecule has 92 valence electrons. The van der Waals surface area contributed by atoms with Crippen molar-refractivity contribution in [1.29, 1.82) is 0 Å². The second kappa shape index (κ2) is 9.17. The molecular formula is C13H29NO. The van der Waals surface area contributed by atoms with Gasteiger partial charge in [-0.15, -0.1) is 0 Å². The molecule has 0 saturated heterocycles. The van der Waals surface area contributed by atoms with Crippen LogP contribution in [0.15, 0.2) is 0 Å². The van der Waals surface area contributed by atoms with Crippen LogP contribution in [-0.2, 0) is 0 Å². The SMILES string of the molecule is CCCCC(CC)NCCC(O)C(C)C. The Balaban J connectivity index is 3.53. The quantitative estimate of drug-likeness (QED) is 0.620. The van der Waals surface area contributed by atoms with Crippen LogP contribution < -0.4 is 5.32 Å². The molecule has 0 saturated carbocycles. The number of hydrogen-bond acceptors (Lipinski definition) is 2. The van der Waals surface area contributed by atoms with Crippen molar-refractivity contribution >= 4 is 0 Å². The third kappa shape index (κ3) is 7.80. The topological polar surface area (TPSA) is 32.3 Å². The molecule has 0 rings (SSSR count). The highest BCUT2D eigenvalue weighted by molar-refractivity contribution is 4.67. The molecule has 0 radical (unpaired) electrons. The normalized spacial score (nSPS) is 15.6. The van der Waals surface area contributed by atoms with Gasteiger partial charge in [-0.1, -0.05) is 40.5 Å². The summed E-state index contributed by atoms with van der Waals surface area (Å²) in [6.07, 6.45) is 5.76. The van der Waals surface area contributed by atoms with E-state index in [0.717, 1.165) is 13.0 Å². The smallest absolute Gasteiger partial charge is 0.0575 e. The molecule has 0 aromatic heterocycles. The largest absolute Gasteiger partial charge is 0.393 e. The Morgan fingerprint density at radius 1 is 1.13 bits per heavy atom. The van der Waals surface area contributed by atoms with Crippen LogP contribution in [-0.4, -0.2) is 23.8 Å². The van der Waals surface area contributed by atoms with Crippen LogP contribution in [0.1, 0.15) is 59.8 Å². The average Bonchev–Trinajstić information content (AvgIpc) is 2.22. The van der Waals surface area contributed by atoms with E-state index in [9.17, 15) is 5.11 Å². The van der Waals surface area contributed by atoms with E-state index in [2.05, 4.69) is 33.0 Å². The van der Waals surface area contributed by atoms with E-state index in [-0.39, 0.29) is 6.10 Å². The molecule has 2 N–H and O–H groups in total. The van der Waals surface area contributed by atoms with Crippen molar-refractivity contribution in [2.45, 2.75) is 71.9 Å². The lowest BCUT2D eigenvalue weighted by atomic mass is 10.0. The minimum atomic E-state index is -0.152. The highest BCUT2D eigenvalue weighted by Gasteiger charge is 2.10. The van der Waals surface area contributed by atoms with Gasteiger partial charge in [0, 0.05) is 6.04 Å². The standard InChI is InChI=1S/C13H29NO/c1-5-7-8-12(6-2)14-10-9-13(15)11(3)4/h11-15H,5-10H2,1-4H3. The van der Waals surface area contributed by atoms with Crippen molar-refractivity contribution in [1.82, 2.24) is 5.32 Å². The lowest BCUT2D eigenvalue weighted by Crippen LogP contribution is -2.32. The molecule has 2 unspecified atom stereocenters. The summed E-state index contributed by atoms with van der Waals surface area (Å²) in [6, 6.07) is 0.643. The number of hydrogen-bond donors (Lipinski definition) is 2. The summed E-state index contributed by atoms with van der Waals surface area (Å²) in [6.45, 7) is 9.54. The molecule has 0 heterocycles. The van der Waals surface area contributed by atoms with Crippen LogP contribution in [0, 0.1) is 5.92 Å². The Hall–Kier alpha value is -0.0800. The van der Waals surface area contributed by atoms with Crippen LogP contribution in [0.5, 0.6) is 0 Å². The summed E-state index contributed by atoms with van der Waals surface area (Å²) in [5.74, 6) is 0.377. The van der Waals surface area contributed by atoms with E-state index in [1.807, 2.05) is 0 Å². The van der Waals surface area contributed by atoms with Crippen molar-refractivity contribution in [3.63, 3.8) is 0 Å². The summed E-state index contributed by atoms with van der Waals surface area (Å²) in [5, 5.41) is 13.2. The van der Waals surface area contributed by atoms with Gasteiger partial charge in [0.05, 0.1) is 6.10 Å². The molecule has 2 heteroatoms. The molecule has 0 aromatic rings. The zero-order valence-electron chi connectivity index (χ0n) is 10.9. The van der Waals surface area contributed by atoms with E-state index >= 15 is 0 Å². The minimum Gasteiger partial charge on any atom is -0.393 e. The first kappa shape index (κ1) is 14.9. The molecule has 15 heavy (non-hydrogen) atoms. The van der Waals surface area contributed by atoms with Gasteiger partial charge in [-0.2, -0.15) is 0 Å². The lowest BCUT2D eigenvalue weighted by Gasteiger charge is -2.19. The van der Waals surface area contributed by atoms with Gasteiger partial charge in [-0.25, -0.2) is 0 Å². The number of nitrogens with one attached hydrogen (secondary N) is 1. The van der Waals surface area contributed by atoms with Crippen molar-refractivity contribution in [3.05, 3.63) is 0 Å². The van der Waals surface area contributed by atoms with Gasteiger partial charge in [-0.3, -0.25) is 0 Å². The fraction of sp³-hybridized carbons (Fsp3) is 1.00. The summed E-state index contributed by atoms with van der Waals surface area (Å²) in [5.41, 5.74) is 0. The van der Waals surface area contributed by atoms with Crippen LogP contribution in [0.4, 0.5) is 0 Å². The Kier molecular flexibility index (Phi) is 9.12. The molecule has 0 fully saturated rings. The van der Waals surface area contributed by atoms with Gasteiger partial charge < -0.3 is 10.4 Å². The van der Waals surface area contributed by atoms with Gasteiger partial charge in [0.25, 0.3) is 0 Å². The summed E-state index contributed by atoms with van der Waals surface area (Å²) in [4.78, 5) is 0. The van der Waals surface area contributed by atoms with Crippen LogP contribution in [0.25, 0.3) is 0 Å². The fourth-order valence-electron chi connectivity index (χ4n) is 1.67. The molecule has 0 aliphatic rings. The molecule has 0 amide bonds. The molecule has 0 spiro atoms. The van der Waals surface area contributed by atoms with E-state index < -0.39 is 0 Å². The predicted octanol–water partition coefficient (Wildman–Crippen LogP) is 2.95. The number of unbranched alkanes of at least 4 members (excludes halogenated alkanes) is 1. The second-order valence-corrected chi connectivity index (χ2v) is 4.80.